The summed E-state index contributed by atoms with van der Waals surface area (Å²) in [5.41, 5.74) is 6.13. The first-order chi connectivity index (χ1) is 12.5. The number of carbonyl (C=O) groups is 1. The lowest BCUT2D eigenvalue weighted by Gasteiger charge is -2.10. The number of benzene rings is 2. The number of ether oxygens (including phenoxy) is 1. The Labute approximate surface area is 153 Å². The monoisotopic (exact) mass is 377 g/mol. The van der Waals surface area contributed by atoms with Gasteiger partial charge in [0.2, 0.25) is 10.0 Å². The summed E-state index contributed by atoms with van der Waals surface area (Å²) in [4.78, 5) is 12.5. The van der Waals surface area contributed by atoms with E-state index in [1.807, 2.05) is 6.92 Å². The highest BCUT2D eigenvalue weighted by Crippen LogP contribution is 2.18. The molecule has 0 spiro atoms. The maximum atomic E-state index is 12.4. The highest BCUT2D eigenvalue weighted by molar-refractivity contribution is 7.89. The fraction of sp³-hybridized carbons (Fsp3) is 0.278. The summed E-state index contributed by atoms with van der Waals surface area (Å²) >= 11 is 0. The first-order valence-electron chi connectivity index (χ1n) is 8.30. The van der Waals surface area contributed by atoms with Gasteiger partial charge < -0.3 is 15.8 Å². The SMILES string of the molecule is CCCOc1cccc(C(=O)Nc2cccc(S(=O)(=O)NCCN)c2)c1. The smallest absolute Gasteiger partial charge is 0.255 e. The summed E-state index contributed by atoms with van der Waals surface area (Å²) in [5.74, 6) is 0.262. The largest absolute Gasteiger partial charge is 0.494 e. The van der Waals surface area contributed by atoms with Crippen LogP contribution in [0.1, 0.15) is 23.7 Å². The van der Waals surface area contributed by atoms with Crippen LogP contribution in [0.4, 0.5) is 5.69 Å². The van der Waals surface area contributed by atoms with Gasteiger partial charge in [0.15, 0.2) is 0 Å². The molecule has 2 aromatic carbocycles. The van der Waals surface area contributed by atoms with Gasteiger partial charge in [-0.15, -0.1) is 0 Å². The van der Waals surface area contributed by atoms with E-state index < -0.39 is 10.0 Å². The number of nitrogens with two attached hydrogens (primary N) is 1. The number of carbonyl (C=O) groups excluding carboxylic acids is 1. The van der Waals surface area contributed by atoms with Crippen molar-refractivity contribution in [3.63, 3.8) is 0 Å². The summed E-state index contributed by atoms with van der Waals surface area (Å²) < 4.78 is 32.2. The van der Waals surface area contributed by atoms with Crippen molar-refractivity contribution < 1.29 is 17.9 Å². The Morgan fingerprint density at radius 1 is 1.15 bits per heavy atom. The van der Waals surface area contributed by atoms with Crippen LogP contribution in [0.3, 0.4) is 0 Å². The standard InChI is InChI=1S/C18H23N3O4S/c1-2-11-25-16-7-3-5-14(12-16)18(22)21-15-6-4-8-17(13-15)26(23,24)20-10-9-19/h3-8,12-13,20H,2,9-11,19H2,1H3,(H,21,22). The first kappa shape index (κ1) is 19.9. The zero-order valence-corrected chi connectivity index (χ0v) is 15.4. The number of amides is 1. The van der Waals surface area contributed by atoms with Gasteiger partial charge in [-0.1, -0.05) is 19.1 Å². The fourth-order valence-electron chi connectivity index (χ4n) is 2.17. The third-order valence-electron chi connectivity index (χ3n) is 3.41. The highest BCUT2D eigenvalue weighted by Gasteiger charge is 2.14. The van der Waals surface area contributed by atoms with Crippen molar-refractivity contribution in [2.75, 3.05) is 25.0 Å². The molecule has 4 N–H and O–H groups in total. The molecule has 0 unspecified atom stereocenters. The van der Waals surface area contributed by atoms with Crippen molar-refractivity contribution in [1.29, 1.82) is 0 Å². The van der Waals surface area contributed by atoms with Gasteiger partial charge in [0.25, 0.3) is 5.91 Å². The Balaban J connectivity index is 2.13. The molecule has 0 heterocycles. The van der Waals surface area contributed by atoms with Crippen LogP contribution in [0.2, 0.25) is 0 Å². The van der Waals surface area contributed by atoms with Crippen LogP contribution in [0.5, 0.6) is 5.75 Å². The minimum absolute atomic E-state index is 0.0591. The minimum atomic E-state index is -3.66. The number of hydrogen-bond acceptors (Lipinski definition) is 5. The molecule has 0 radical (unpaired) electrons. The van der Waals surface area contributed by atoms with E-state index in [-0.39, 0.29) is 23.9 Å². The Hall–Kier alpha value is -2.42. The van der Waals surface area contributed by atoms with Crippen LogP contribution in [0, 0.1) is 0 Å². The van der Waals surface area contributed by atoms with Gasteiger partial charge in [0.1, 0.15) is 5.75 Å². The number of sulfonamides is 1. The van der Waals surface area contributed by atoms with Gasteiger partial charge in [0.05, 0.1) is 11.5 Å². The molecule has 0 atom stereocenters. The van der Waals surface area contributed by atoms with Gasteiger partial charge in [0, 0.05) is 24.3 Å². The second-order valence-corrected chi connectivity index (χ2v) is 7.31. The van der Waals surface area contributed by atoms with Gasteiger partial charge in [-0.3, -0.25) is 4.79 Å². The maximum Gasteiger partial charge on any atom is 0.255 e. The van der Waals surface area contributed by atoms with E-state index >= 15 is 0 Å². The highest BCUT2D eigenvalue weighted by atomic mass is 32.2. The molecule has 140 valence electrons. The molecule has 0 aromatic heterocycles. The summed E-state index contributed by atoms with van der Waals surface area (Å²) in [6, 6.07) is 12.9. The van der Waals surface area contributed by atoms with Gasteiger partial charge in [-0.25, -0.2) is 13.1 Å². The average molecular weight is 377 g/mol. The third-order valence-corrected chi connectivity index (χ3v) is 4.87. The van der Waals surface area contributed by atoms with Crippen molar-refractivity contribution >= 4 is 21.6 Å². The van der Waals surface area contributed by atoms with Crippen LogP contribution in [0.15, 0.2) is 53.4 Å². The van der Waals surface area contributed by atoms with Gasteiger partial charge in [-0.2, -0.15) is 0 Å². The van der Waals surface area contributed by atoms with Crippen molar-refractivity contribution in [1.82, 2.24) is 4.72 Å². The molecule has 1 amide bonds. The maximum absolute atomic E-state index is 12.4. The second-order valence-electron chi connectivity index (χ2n) is 5.54. The third kappa shape index (κ3) is 5.55. The molecule has 0 bridgehead atoms. The van der Waals surface area contributed by atoms with Crippen molar-refractivity contribution in [2.45, 2.75) is 18.2 Å². The molecule has 0 saturated heterocycles. The first-order valence-corrected chi connectivity index (χ1v) is 9.78. The molecular weight excluding hydrogens is 354 g/mol. The number of anilines is 1. The van der Waals surface area contributed by atoms with Crippen LogP contribution in [0.25, 0.3) is 0 Å². The summed E-state index contributed by atoms with van der Waals surface area (Å²) in [6.45, 7) is 2.91. The summed E-state index contributed by atoms with van der Waals surface area (Å²) in [7, 11) is -3.66. The van der Waals surface area contributed by atoms with Crippen molar-refractivity contribution in [3.8, 4) is 5.75 Å². The van der Waals surface area contributed by atoms with Crippen LogP contribution >= 0.6 is 0 Å². The molecule has 0 aliphatic carbocycles. The molecule has 2 aromatic rings. The molecule has 7 nitrogen and oxygen atoms in total. The van der Waals surface area contributed by atoms with Crippen molar-refractivity contribution in [2.24, 2.45) is 5.73 Å². The Kier molecular flexibility index (Phi) is 7.14. The fourth-order valence-corrected chi connectivity index (χ4v) is 3.26. The van der Waals surface area contributed by atoms with E-state index in [0.29, 0.717) is 23.6 Å². The molecule has 0 aliphatic heterocycles. The quantitative estimate of drug-likeness (QED) is 0.619. The molecule has 26 heavy (non-hydrogen) atoms. The molecule has 0 fully saturated rings. The zero-order chi connectivity index (χ0) is 19.0. The van der Waals surface area contributed by atoms with Crippen LogP contribution < -0.4 is 20.5 Å². The van der Waals surface area contributed by atoms with Crippen LogP contribution in [-0.4, -0.2) is 34.0 Å². The normalized spacial score (nSPS) is 11.2. The number of rotatable bonds is 9. The van der Waals surface area contributed by atoms with E-state index in [2.05, 4.69) is 10.0 Å². The predicted octanol–water partition coefficient (Wildman–Crippen LogP) is 1.96. The molecule has 0 aliphatic rings. The summed E-state index contributed by atoms with van der Waals surface area (Å²) in [5, 5.41) is 2.70. The lowest BCUT2D eigenvalue weighted by atomic mass is 10.2. The lowest BCUT2D eigenvalue weighted by Crippen LogP contribution is -2.29. The zero-order valence-electron chi connectivity index (χ0n) is 14.6. The summed E-state index contributed by atoms with van der Waals surface area (Å²) in [6.07, 6.45) is 0.871. The Bertz CT molecular complexity index is 853. The topological polar surface area (TPSA) is 111 Å². The minimum Gasteiger partial charge on any atom is -0.494 e. The molecule has 2 rings (SSSR count). The number of nitrogens with one attached hydrogen (secondary N) is 2. The lowest BCUT2D eigenvalue weighted by molar-refractivity contribution is 0.102. The van der Waals surface area contributed by atoms with Gasteiger partial charge >= 0.3 is 0 Å². The molecular formula is C18H23N3O4S. The number of hydrogen-bond donors (Lipinski definition) is 3. The average Bonchev–Trinajstić information content (AvgIpc) is 2.65. The van der Waals surface area contributed by atoms with Crippen molar-refractivity contribution in [3.05, 3.63) is 54.1 Å². The van der Waals surface area contributed by atoms with E-state index in [4.69, 9.17) is 10.5 Å². The van der Waals surface area contributed by atoms with Gasteiger partial charge in [-0.05, 0) is 42.8 Å². The predicted molar refractivity (Wildman–Crippen MR) is 101 cm³/mol. The second kappa shape index (κ2) is 9.33. The Morgan fingerprint density at radius 3 is 2.65 bits per heavy atom. The molecule has 0 saturated carbocycles. The van der Waals surface area contributed by atoms with E-state index in [1.54, 1.807) is 36.4 Å². The van der Waals surface area contributed by atoms with E-state index in [0.717, 1.165) is 6.42 Å². The van der Waals surface area contributed by atoms with E-state index in [1.165, 1.54) is 12.1 Å². The van der Waals surface area contributed by atoms with Crippen LogP contribution in [-0.2, 0) is 10.0 Å². The Morgan fingerprint density at radius 2 is 1.92 bits per heavy atom. The van der Waals surface area contributed by atoms with E-state index in [9.17, 15) is 13.2 Å². The molecule has 8 heteroatoms.